The maximum atomic E-state index is 13.3. The molecule has 0 radical (unpaired) electrons. The Bertz CT molecular complexity index is 560. The molecule has 18 heavy (non-hydrogen) atoms. The minimum Gasteiger partial charge on any atom is -0.439 e. The van der Waals surface area contributed by atoms with Crippen LogP contribution in [-0.4, -0.2) is 10.1 Å². The fourth-order valence-electron chi connectivity index (χ4n) is 1.46. The third kappa shape index (κ3) is 2.78. The number of aliphatic hydroxyl groups is 1. The van der Waals surface area contributed by atoms with Crippen molar-refractivity contribution < 1.29 is 14.2 Å². The zero-order valence-corrected chi connectivity index (χ0v) is 10.4. The zero-order chi connectivity index (χ0) is 13.1. The van der Waals surface area contributed by atoms with E-state index in [1.165, 1.54) is 24.4 Å². The highest BCUT2D eigenvalue weighted by Gasteiger charge is 2.11. The van der Waals surface area contributed by atoms with Gasteiger partial charge in [0.25, 0.3) is 0 Å². The number of aromatic nitrogens is 1. The number of hydrogen-bond donors (Lipinski definition) is 1. The molecule has 0 aliphatic heterocycles. The molecule has 0 aliphatic carbocycles. The second-order valence-electron chi connectivity index (χ2n) is 3.75. The van der Waals surface area contributed by atoms with Gasteiger partial charge in [-0.05, 0) is 31.2 Å². The topological polar surface area (TPSA) is 42.4 Å². The van der Waals surface area contributed by atoms with E-state index in [-0.39, 0.29) is 16.7 Å². The summed E-state index contributed by atoms with van der Waals surface area (Å²) in [7, 11) is 0. The van der Waals surface area contributed by atoms with Crippen LogP contribution >= 0.6 is 11.6 Å². The number of ether oxygens (including phenoxy) is 1. The molecule has 0 spiro atoms. The molecule has 1 atom stereocenters. The van der Waals surface area contributed by atoms with Gasteiger partial charge >= 0.3 is 0 Å². The van der Waals surface area contributed by atoms with Crippen LogP contribution in [0.5, 0.6) is 11.6 Å². The van der Waals surface area contributed by atoms with Crippen LogP contribution in [0.3, 0.4) is 0 Å². The first-order chi connectivity index (χ1) is 8.58. The van der Waals surface area contributed by atoms with Gasteiger partial charge in [-0.15, -0.1) is 0 Å². The first-order valence-electron chi connectivity index (χ1n) is 5.34. The van der Waals surface area contributed by atoms with Gasteiger partial charge in [0.1, 0.15) is 11.6 Å². The van der Waals surface area contributed by atoms with E-state index in [2.05, 4.69) is 4.98 Å². The van der Waals surface area contributed by atoms with Gasteiger partial charge < -0.3 is 9.84 Å². The Morgan fingerprint density at radius 2 is 2.17 bits per heavy atom. The Morgan fingerprint density at radius 3 is 2.83 bits per heavy atom. The Labute approximate surface area is 109 Å². The van der Waals surface area contributed by atoms with E-state index < -0.39 is 11.9 Å². The monoisotopic (exact) mass is 267 g/mol. The molecule has 2 rings (SSSR count). The molecule has 94 valence electrons. The number of rotatable bonds is 3. The lowest BCUT2D eigenvalue weighted by Crippen LogP contribution is -1.98. The molecule has 0 unspecified atom stereocenters. The molecule has 5 heteroatoms. The van der Waals surface area contributed by atoms with Gasteiger partial charge in [-0.1, -0.05) is 11.6 Å². The first kappa shape index (κ1) is 12.8. The van der Waals surface area contributed by atoms with Crippen LogP contribution in [0.15, 0.2) is 36.5 Å². The standard InChI is InChI=1S/C13H11ClFNO2/c1-8(17)10-3-2-6-16-13(10)18-9-4-5-11(14)12(15)7-9/h2-8,17H,1H3/t8-/m0/s1. The number of pyridine rings is 1. The summed E-state index contributed by atoms with van der Waals surface area (Å²) in [5.41, 5.74) is 0.535. The highest BCUT2D eigenvalue weighted by Crippen LogP contribution is 2.28. The van der Waals surface area contributed by atoms with E-state index in [4.69, 9.17) is 16.3 Å². The molecular weight excluding hydrogens is 257 g/mol. The normalized spacial score (nSPS) is 12.2. The maximum Gasteiger partial charge on any atom is 0.225 e. The number of aliphatic hydroxyl groups excluding tert-OH is 1. The predicted molar refractivity (Wildman–Crippen MR) is 66.4 cm³/mol. The van der Waals surface area contributed by atoms with Gasteiger partial charge in [0, 0.05) is 17.8 Å². The fraction of sp³-hybridized carbons (Fsp3) is 0.154. The van der Waals surface area contributed by atoms with Gasteiger partial charge in [0.2, 0.25) is 5.88 Å². The van der Waals surface area contributed by atoms with E-state index in [0.717, 1.165) is 0 Å². The lowest BCUT2D eigenvalue weighted by atomic mass is 10.2. The Morgan fingerprint density at radius 1 is 1.39 bits per heavy atom. The molecule has 1 aromatic carbocycles. The number of benzene rings is 1. The highest BCUT2D eigenvalue weighted by atomic mass is 35.5. The lowest BCUT2D eigenvalue weighted by molar-refractivity contribution is 0.194. The second kappa shape index (κ2) is 5.33. The fourth-order valence-corrected chi connectivity index (χ4v) is 1.58. The highest BCUT2D eigenvalue weighted by molar-refractivity contribution is 6.30. The van der Waals surface area contributed by atoms with Crippen molar-refractivity contribution in [1.29, 1.82) is 0 Å². The summed E-state index contributed by atoms with van der Waals surface area (Å²) in [6.07, 6.45) is 0.818. The van der Waals surface area contributed by atoms with Crippen molar-refractivity contribution in [3.8, 4) is 11.6 Å². The molecule has 0 saturated carbocycles. The van der Waals surface area contributed by atoms with Gasteiger partial charge in [-0.2, -0.15) is 0 Å². The molecule has 0 saturated heterocycles. The van der Waals surface area contributed by atoms with Crippen LogP contribution in [0.2, 0.25) is 5.02 Å². The summed E-state index contributed by atoms with van der Waals surface area (Å²) in [4.78, 5) is 4.01. The van der Waals surface area contributed by atoms with Crippen molar-refractivity contribution >= 4 is 11.6 Å². The SMILES string of the molecule is C[C@H](O)c1cccnc1Oc1ccc(Cl)c(F)c1. The molecule has 0 fully saturated rings. The minimum absolute atomic E-state index is 0.0270. The summed E-state index contributed by atoms with van der Waals surface area (Å²) >= 11 is 5.58. The minimum atomic E-state index is -0.717. The Balaban J connectivity index is 2.31. The van der Waals surface area contributed by atoms with Crippen molar-refractivity contribution in [1.82, 2.24) is 4.98 Å². The van der Waals surface area contributed by atoms with E-state index >= 15 is 0 Å². The molecule has 1 aromatic heterocycles. The summed E-state index contributed by atoms with van der Waals surface area (Å²) < 4.78 is 18.7. The second-order valence-corrected chi connectivity index (χ2v) is 4.16. The van der Waals surface area contributed by atoms with Crippen molar-refractivity contribution in [2.75, 3.05) is 0 Å². The summed E-state index contributed by atoms with van der Waals surface area (Å²) in [5.74, 6) is -0.0459. The molecular formula is C13H11ClFNO2. The van der Waals surface area contributed by atoms with Crippen LogP contribution in [0.4, 0.5) is 4.39 Å². The van der Waals surface area contributed by atoms with Crippen molar-refractivity contribution in [2.45, 2.75) is 13.0 Å². The van der Waals surface area contributed by atoms with Crippen LogP contribution in [0.1, 0.15) is 18.6 Å². The third-order valence-corrected chi connectivity index (χ3v) is 2.66. The van der Waals surface area contributed by atoms with Crippen LogP contribution in [-0.2, 0) is 0 Å². The number of nitrogens with zero attached hydrogens (tertiary/aromatic N) is 1. The Kier molecular flexibility index (Phi) is 3.79. The van der Waals surface area contributed by atoms with Gasteiger partial charge in [-0.3, -0.25) is 0 Å². The van der Waals surface area contributed by atoms with E-state index in [1.807, 2.05) is 0 Å². The molecule has 3 nitrogen and oxygen atoms in total. The van der Waals surface area contributed by atoms with Gasteiger partial charge in [-0.25, -0.2) is 9.37 Å². The quantitative estimate of drug-likeness (QED) is 0.922. The van der Waals surface area contributed by atoms with Gasteiger partial charge in [0.05, 0.1) is 11.1 Å². The molecule has 0 aliphatic rings. The van der Waals surface area contributed by atoms with Crippen LogP contribution in [0.25, 0.3) is 0 Å². The number of halogens is 2. The molecule has 1 N–H and O–H groups in total. The average molecular weight is 268 g/mol. The van der Waals surface area contributed by atoms with Crippen LogP contribution in [0, 0.1) is 5.82 Å². The third-order valence-electron chi connectivity index (χ3n) is 2.36. The smallest absolute Gasteiger partial charge is 0.225 e. The van der Waals surface area contributed by atoms with Crippen molar-refractivity contribution in [3.63, 3.8) is 0 Å². The van der Waals surface area contributed by atoms with E-state index in [1.54, 1.807) is 19.1 Å². The van der Waals surface area contributed by atoms with Crippen LogP contribution < -0.4 is 4.74 Å². The van der Waals surface area contributed by atoms with Crippen molar-refractivity contribution in [2.24, 2.45) is 0 Å². The molecule has 2 aromatic rings. The van der Waals surface area contributed by atoms with Crippen molar-refractivity contribution in [3.05, 3.63) is 52.9 Å². The zero-order valence-electron chi connectivity index (χ0n) is 9.60. The lowest BCUT2D eigenvalue weighted by Gasteiger charge is -2.11. The predicted octanol–water partition coefficient (Wildman–Crippen LogP) is 3.72. The molecule has 1 heterocycles. The molecule has 0 amide bonds. The molecule has 0 bridgehead atoms. The van der Waals surface area contributed by atoms with Gasteiger partial charge in [0.15, 0.2) is 0 Å². The first-order valence-corrected chi connectivity index (χ1v) is 5.71. The maximum absolute atomic E-state index is 13.3. The largest absolute Gasteiger partial charge is 0.439 e. The average Bonchev–Trinajstić information content (AvgIpc) is 2.34. The summed E-state index contributed by atoms with van der Waals surface area (Å²) in [5, 5.41) is 9.59. The summed E-state index contributed by atoms with van der Waals surface area (Å²) in [6.45, 7) is 1.60. The van der Waals surface area contributed by atoms with E-state index in [0.29, 0.717) is 5.56 Å². The summed E-state index contributed by atoms with van der Waals surface area (Å²) in [6, 6.07) is 7.49. The Hall–Kier alpha value is -1.65. The van der Waals surface area contributed by atoms with E-state index in [9.17, 15) is 9.50 Å². The number of hydrogen-bond acceptors (Lipinski definition) is 3.